The summed E-state index contributed by atoms with van der Waals surface area (Å²) in [6.07, 6.45) is 17.1. The normalized spacial score (nSPS) is 40.8. The molecule has 0 unspecified atom stereocenters. The van der Waals surface area contributed by atoms with E-state index in [0.717, 1.165) is 37.0 Å². The Labute approximate surface area is 174 Å². The van der Waals surface area contributed by atoms with Crippen LogP contribution in [0.5, 0.6) is 0 Å². The number of aromatic nitrogens is 1. The van der Waals surface area contributed by atoms with E-state index in [9.17, 15) is 4.79 Å². The quantitative estimate of drug-likeness (QED) is 0.460. The van der Waals surface area contributed by atoms with Crippen molar-refractivity contribution in [3.63, 3.8) is 0 Å². The number of rotatable bonds is 2. The summed E-state index contributed by atoms with van der Waals surface area (Å²) in [5.74, 6) is 2.12. The van der Waals surface area contributed by atoms with Gasteiger partial charge in [-0.3, -0.25) is 9.78 Å². The van der Waals surface area contributed by atoms with E-state index in [1.807, 2.05) is 12.4 Å². The fourth-order valence-electron chi connectivity index (χ4n) is 7.50. The molecule has 5 rings (SSSR count). The number of allylic oxidation sites excluding steroid dienone is 3. The first-order valence-electron chi connectivity index (χ1n) is 11.4. The van der Waals surface area contributed by atoms with Gasteiger partial charge in [0.15, 0.2) is 0 Å². The molecule has 0 saturated heterocycles. The van der Waals surface area contributed by atoms with Gasteiger partial charge in [-0.25, -0.2) is 0 Å². The highest BCUT2D eigenvalue weighted by atomic mass is 16.5. The summed E-state index contributed by atoms with van der Waals surface area (Å²) in [4.78, 5) is 15.8. The van der Waals surface area contributed by atoms with Gasteiger partial charge in [-0.15, -0.1) is 0 Å². The summed E-state index contributed by atoms with van der Waals surface area (Å²) in [6.45, 7) is 6.56. The van der Waals surface area contributed by atoms with Crippen LogP contribution < -0.4 is 0 Å². The average Bonchev–Trinajstić information content (AvgIpc) is 3.06. The molecule has 2 fully saturated rings. The first-order chi connectivity index (χ1) is 13.9. The third kappa shape index (κ3) is 2.92. The molecule has 0 aliphatic heterocycles. The van der Waals surface area contributed by atoms with Gasteiger partial charge in [-0.05, 0) is 84.3 Å². The summed E-state index contributed by atoms with van der Waals surface area (Å²) < 4.78 is 5.58. The van der Waals surface area contributed by atoms with Crippen molar-refractivity contribution in [3.8, 4) is 0 Å². The van der Waals surface area contributed by atoms with Crippen molar-refractivity contribution in [2.45, 2.75) is 71.8 Å². The molecular formula is C26H33NO2. The number of carbonyl (C=O) groups excluding carboxylic acids is 1. The smallest absolute Gasteiger partial charge is 0.302 e. The lowest BCUT2D eigenvalue weighted by Crippen LogP contribution is -2.50. The number of carbonyl (C=O) groups is 1. The van der Waals surface area contributed by atoms with Crippen molar-refractivity contribution in [1.82, 2.24) is 4.98 Å². The van der Waals surface area contributed by atoms with Crippen molar-refractivity contribution in [3.05, 3.63) is 47.8 Å². The molecule has 154 valence electrons. The molecule has 3 heteroatoms. The van der Waals surface area contributed by atoms with Crippen LogP contribution in [0.15, 0.2) is 42.3 Å². The minimum Gasteiger partial charge on any atom is -0.462 e. The van der Waals surface area contributed by atoms with Crippen LogP contribution in [0.1, 0.15) is 71.3 Å². The number of hydrogen-bond acceptors (Lipinski definition) is 3. The molecule has 0 N–H and O–H groups in total. The Hall–Kier alpha value is -1.90. The lowest BCUT2D eigenvalue weighted by atomic mass is 9.47. The molecule has 0 aromatic carbocycles. The minimum atomic E-state index is -0.138. The Morgan fingerprint density at radius 1 is 1.10 bits per heavy atom. The number of pyridine rings is 1. The molecule has 6 atom stereocenters. The summed E-state index contributed by atoms with van der Waals surface area (Å²) >= 11 is 0. The van der Waals surface area contributed by atoms with E-state index in [2.05, 4.69) is 43.1 Å². The monoisotopic (exact) mass is 391 g/mol. The van der Waals surface area contributed by atoms with Gasteiger partial charge in [-0.2, -0.15) is 0 Å². The first-order valence-corrected chi connectivity index (χ1v) is 11.4. The lowest BCUT2D eigenvalue weighted by Gasteiger charge is -2.57. The number of nitrogens with zero attached hydrogens (tertiary/aromatic N) is 1. The Balaban J connectivity index is 1.41. The summed E-state index contributed by atoms with van der Waals surface area (Å²) in [5.41, 5.74) is 4.99. The Morgan fingerprint density at radius 2 is 1.93 bits per heavy atom. The second-order valence-corrected chi connectivity index (χ2v) is 10.3. The summed E-state index contributed by atoms with van der Waals surface area (Å²) in [6, 6.07) is 4.30. The van der Waals surface area contributed by atoms with Crippen LogP contribution in [-0.4, -0.2) is 17.1 Å². The predicted molar refractivity (Wildman–Crippen MR) is 115 cm³/mol. The molecule has 0 amide bonds. The molecule has 1 aromatic rings. The molecule has 4 aliphatic rings. The van der Waals surface area contributed by atoms with Gasteiger partial charge in [0.2, 0.25) is 0 Å². The van der Waals surface area contributed by atoms with Crippen molar-refractivity contribution in [2.75, 3.05) is 0 Å². The molecule has 0 spiro atoms. The number of fused-ring (bicyclic) bond motifs is 5. The summed E-state index contributed by atoms with van der Waals surface area (Å²) in [5, 5.41) is 0. The van der Waals surface area contributed by atoms with Crippen LogP contribution in [0, 0.1) is 28.6 Å². The second-order valence-electron chi connectivity index (χ2n) is 10.3. The summed E-state index contributed by atoms with van der Waals surface area (Å²) in [7, 11) is 0. The maximum Gasteiger partial charge on any atom is 0.302 e. The molecule has 1 heterocycles. The van der Waals surface area contributed by atoms with E-state index in [-0.39, 0.29) is 22.9 Å². The van der Waals surface area contributed by atoms with E-state index < -0.39 is 0 Å². The zero-order chi connectivity index (χ0) is 20.2. The fourth-order valence-corrected chi connectivity index (χ4v) is 7.50. The highest BCUT2D eigenvalue weighted by Crippen LogP contribution is 2.66. The van der Waals surface area contributed by atoms with E-state index in [4.69, 9.17) is 4.74 Å². The van der Waals surface area contributed by atoms with Crippen LogP contribution >= 0.6 is 0 Å². The fraction of sp³-hybridized carbons (Fsp3) is 0.615. The molecule has 3 nitrogen and oxygen atoms in total. The van der Waals surface area contributed by atoms with E-state index in [1.54, 1.807) is 5.57 Å². The molecule has 4 aliphatic carbocycles. The van der Waals surface area contributed by atoms with Gasteiger partial charge in [0, 0.05) is 25.7 Å². The largest absolute Gasteiger partial charge is 0.462 e. The van der Waals surface area contributed by atoms with Crippen molar-refractivity contribution in [2.24, 2.45) is 28.6 Å². The molecule has 29 heavy (non-hydrogen) atoms. The van der Waals surface area contributed by atoms with Crippen LogP contribution in [0.2, 0.25) is 0 Å². The highest BCUT2D eigenvalue weighted by molar-refractivity contribution is 5.72. The van der Waals surface area contributed by atoms with Crippen molar-refractivity contribution in [1.29, 1.82) is 0 Å². The SMILES string of the molecule is CC(=O)O[C@H]1CC[C@@]2(C)C(=CC[C@@H]3[C@H]2CC[C@]2(C)C(c4cccnc4)=CC[C@@H]32)C1. The topological polar surface area (TPSA) is 39.2 Å². The average molecular weight is 392 g/mol. The Kier molecular flexibility index (Phi) is 4.49. The van der Waals surface area contributed by atoms with Crippen LogP contribution in [0.4, 0.5) is 0 Å². The van der Waals surface area contributed by atoms with Gasteiger partial charge in [-0.1, -0.05) is 37.6 Å². The Bertz CT molecular complexity index is 872. The zero-order valence-electron chi connectivity index (χ0n) is 18.0. The second kappa shape index (κ2) is 6.82. The molecular weight excluding hydrogens is 358 g/mol. The maximum absolute atomic E-state index is 11.4. The van der Waals surface area contributed by atoms with Gasteiger partial charge in [0.05, 0.1) is 0 Å². The standard InChI is InChI=1S/C26H33NO2/c1-17(28)29-20-10-12-25(2)19(15-20)6-7-21-23-9-8-22(18-5-4-14-27-16-18)26(23,3)13-11-24(21)25/h4-6,8,14,16,20-21,23-24H,7,9-13,15H2,1-3H3/t20-,21-,23-,24+,25-,26+/m0/s1. The maximum atomic E-state index is 11.4. The van der Waals surface area contributed by atoms with Crippen LogP contribution in [0.25, 0.3) is 5.57 Å². The minimum absolute atomic E-state index is 0.0857. The molecule has 0 bridgehead atoms. The van der Waals surface area contributed by atoms with Crippen molar-refractivity contribution >= 4 is 11.5 Å². The number of esters is 1. The van der Waals surface area contributed by atoms with Crippen LogP contribution in [0.3, 0.4) is 0 Å². The van der Waals surface area contributed by atoms with Gasteiger partial charge in [0.25, 0.3) is 0 Å². The van der Waals surface area contributed by atoms with Gasteiger partial charge in [0.1, 0.15) is 6.10 Å². The number of hydrogen-bond donors (Lipinski definition) is 0. The van der Waals surface area contributed by atoms with E-state index >= 15 is 0 Å². The van der Waals surface area contributed by atoms with Gasteiger partial charge >= 0.3 is 5.97 Å². The molecule has 1 aromatic heterocycles. The third-order valence-corrected chi connectivity index (χ3v) is 8.94. The number of ether oxygens (including phenoxy) is 1. The molecule has 0 radical (unpaired) electrons. The Morgan fingerprint density at radius 3 is 2.69 bits per heavy atom. The lowest BCUT2D eigenvalue weighted by molar-refractivity contribution is -0.148. The predicted octanol–water partition coefficient (Wildman–Crippen LogP) is 5.97. The van der Waals surface area contributed by atoms with E-state index in [0.29, 0.717) is 0 Å². The molecule has 2 saturated carbocycles. The van der Waals surface area contributed by atoms with Crippen LogP contribution in [-0.2, 0) is 9.53 Å². The van der Waals surface area contributed by atoms with Crippen molar-refractivity contribution < 1.29 is 9.53 Å². The zero-order valence-corrected chi connectivity index (χ0v) is 18.0. The van der Waals surface area contributed by atoms with Gasteiger partial charge < -0.3 is 4.74 Å². The first kappa shape index (κ1) is 19.1. The highest BCUT2D eigenvalue weighted by Gasteiger charge is 2.56. The van der Waals surface area contributed by atoms with E-state index in [1.165, 1.54) is 43.7 Å². The third-order valence-electron chi connectivity index (χ3n) is 8.94.